The van der Waals surface area contributed by atoms with Crippen LogP contribution in [0.2, 0.25) is 0 Å². The van der Waals surface area contributed by atoms with Crippen LogP contribution in [-0.2, 0) is 41.7 Å². The van der Waals surface area contributed by atoms with Crippen LogP contribution < -0.4 is 5.32 Å². The van der Waals surface area contributed by atoms with Gasteiger partial charge in [-0.05, 0) is 134 Å². The highest BCUT2D eigenvalue weighted by atomic mass is 32.1. The molecule has 8 rings (SSSR count). The summed E-state index contributed by atoms with van der Waals surface area (Å²) >= 11 is 5.36. The summed E-state index contributed by atoms with van der Waals surface area (Å²) in [7, 11) is 0. The molecule has 0 bridgehead atoms. The van der Waals surface area contributed by atoms with Gasteiger partial charge in [-0.2, -0.15) is 0 Å². The van der Waals surface area contributed by atoms with E-state index in [4.69, 9.17) is 19.3 Å². The summed E-state index contributed by atoms with van der Waals surface area (Å²) in [6.45, 7) is 22.1. The van der Waals surface area contributed by atoms with Gasteiger partial charge >= 0.3 is 17.9 Å². The van der Waals surface area contributed by atoms with Crippen LogP contribution in [0.15, 0.2) is 103 Å². The average molecular weight is 984 g/mol. The first-order valence-electron chi connectivity index (χ1n) is 24.2. The number of nitrogens with one attached hydrogen (secondary N) is 1. The van der Waals surface area contributed by atoms with E-state index in [2.05, 4.69) is 121 Å². The van der Waals surface area contributed by atoms with Gasteiger partial charge in [0, 0.05) is 87.0 Å². The molecule has 2 saturated heterocycles. The molecule has 6 heterocycles. The molecule has 5 aromatic rings. The lowest BCUT2D eigenvalue weighted by Crippen LogP contribution is -2.43. The number of hydrogen-bond donors (Lipinski definition) is 2. The lowest BCUT2D eigenvalue weighted by Gasteiger charge is -2.37. The van der Waals surface area contributed by atoms with Crippen molar-refractivity contribution in [3.05, 3.63) is 143 Å². The van der Waals surface area contributed by atoms with Gasteiger partial charge in [0.25, 0.3) is 0 Å². The van der Waals surface area contributed by atoms with Crippen molar-refractivity contribution < 1.29 is 33.7 Å². The Labute approximate surface area is 417 Å². The summed E-state index contributed by atoms with van der Waals surface area (Å²) in [4.78, 5) is 49.4. The Morgan fingerprint density at radius 2 is 1.15 bits per heavy atom. The second kappa shape index (κ2) is 28.9. The number of esters is 3. The largest absolute Gasteiger partial charge is 0.466 e. The van der Waals surface area contributed by atoms with E-state index in [0.29, 0.717) is 32.3 Å². The Morgan fingerprint density at radius 1 is 0.632 bits per heavy atom. The van der Waals surface area contributed by atoms with E-state index in [1.54, 1.807) is 29.6 Å². The number of ether oxygens (including phenoxy) is 3. The predicted molar refractivity (Wildman–Crippen MR) is 279 cm³/mol. The molecule has 3 aliphatic heterocycles. The second-order valence-electron chi connectivity index (χ2n) is 17.2. The predicted octanol–water partition coefficient (Wildman–Crippen LogP) is 10.8. The topological polar surface area (TPSA) is 118 Å². The van der Waals surface area contributed by atoms with Crippen molar-refractivity contribution in [1.29, 1.82) is 0 Å². The van der Waals surface area contributed by atoms with Gasteiger partial charge in [-0.1, -0.05) is 60.7 Å². The van der Waals surface area contributed by atoms with E-state index < -0.39 is 0 Å². The van der Waals surface area contributed by atoms with Crippen LogP contribution >= 0.6 is 34.0 Å². The molecule has 2 fully saturated rings. The number of thiophene rings is 3. The third kappa shape index (κ3) is 16.6. The zero-order chi connectivity index (χ0) is 48.8. The van der Waals surface area contributed by atoms with Crippen LogP contribution in [0.5, 0.6) is 0 Å². The lowest BCUT2D eigenvalue weighted by molar-refractivity contribution is -0.151. The molecule has 0 saturated carbocycles. The number of likely N-dealkylation sites (tertiary alicyclic amines) is 1. The zero-order valence-corrected chi connectivity index (χ0v) is 43.6. The Balaban J connectivity index is 0.000000188. The molecule has 368 valence electrons. The monoisotopic (exact) mass is 983 g/mol. The number of piperidine rings is 2. The number of nitrogens with zero attached hydrogens (tertiary/aromatic N) is 2. The number of aliphatic hydroxyl groups excluding tert-OH is 1. The first kappa shape index (κ1) is 54.5. The molecule has 68 heavy (non-hydrogen) atoms. The molecule has 0 unspecified atom stereocenters. The van der Waals surface area contributed by atoms with Crippen molar-refractivity contribution in [3.63, 3.8) is 0 Å². The molecular formula is C55H73N3O7S3. The minimum atomic E-state index is -0.170. The van der Waals surface area contributed by atoms with E-state index in [1.807, 2.05) is 44.2 Å². The molecule has 0 aliphatic carbocycles. The van der Waals surface area contributed by atoms with E-state index in [-0.39, 0.29) is 42.3 Å². The number of aliphatic hydroxyl groups is 1. The fourth-order valence-electron chi connectivity index (χ4n) is 8.90. The summed E-state index contributed by atoms with van der Waals surface area (Å²) in [5.41, 5.74) is 4.55. The SMILES string of the molecule is CCO.CCOC(=O)C1=C(c2ccc(C)s2)CCN(Cc2ccccc2)C1.CCOC(=O)[C@@H]1CN(Cc2ccccc2)CC[C@@H]1c1ccc(C)s1.CCOC(=O)[C@@H]1CNCC[C@@H]1c1ccc(C)s1. The molecule has 2 N–H and O–H groups in total. The van der Waals surface area contributed by atoms with Gasteiger partial charge < -0.3 is 24.6 Å². The van der Waals surface area contributed by atoms with Crippen LogP contribution in [0.3, 0.4) is 0 Å². The van der Waals surface area contributed by atoms with Crippen molar-refractivity contribution in [2.75, 3.05) is 65.7 Å². The fourth-order valence-corrected chi connectivity index (χ4v) is 12.0. The summed E-state index contributed by atoms with van der Waals surface area (Å²) < 4.78 is 15.9. The van der Waals surface area contributed by atoms with Crippen molar-refractivity contribution >= 4 is 57.5 Å². The number of benzene rings is 2. The van der Waals surface area contributed by atoms with Crippen molar-refractivity contribution in [2.45, 2.75) is 92.7 Å². The van der Waals surface area contributed by atoms with Crippen molar-refractivity contribution in [3.8, 4) is 0 Å². The number of carbonyl (C=O) groups is 3. The summed E-state index contributed by atoms with van der Waals surface area (Å²) in [5.74, 6) is 0.240. The van der Waals surface area contributed by atoms with Crippen LogP contribution in [0.4, 0.5) is 0 Å². The second-order valence-corrected chi connectivity index (χ2v) is 21.1. The van der Waals surface area contributed by atoms with Crippen LogP contribution in [0, 0.1) is 32.6 Å². The summed E-state index contributed by atoms with van der Waals surface area (Å²) in [5, 5.41) is 10.9. The summed E-state index contributed by atoms with van der Waals surface area (Å²) in [6.07, 6.45) is 2.92. The molecule has 13 heteroatoms. The van der Waals surface area contributed by atoms with Gasteiger partial charge in [0.15, 0.2) is 0 Å². The molecule has 0 amide bonds. The maximum absolute atomic E-state index is 12.5. The Morgan fingerprint density at radius 3 is 1.66 bits per heavy atom. The Kier molecular flexibility index (Phi) is 23.1. The Hall–Kier alpha value is -4.47. The van der Waals surface area contributed by atoms with E-state index >= 15 is 0 Å². The third-order valence-corrected chi connectivity index (χ3v) is 15.4. The lowest BCUT2D eigenvalue weighted by atomic mass is 9.84. The highest BCUT2D eigenvalue weighted by Gasteiger charge is 2.37. The number of aryl methyl sites for hydroxylation is 3. The van der Waals surface area contributed by atoms with Crippen LogP contribution in [-0.4, -0.2) is 98.5 Å². The number of hydrogen-bond acceptors (Lipinski definition) is 13. The molecule has 0 spiro atoms. The molecule has 3 aliphatic rings. The van der Waals surface area contributed by atoms with Gasteiger partial charge in [-0.25, -0.2) is 4.79 Å². The molecule has 10 nitrogen and oxygen atoms in total. The van der Waals surface area contributed by atoms with Gasteiger partial charge in [0.1, 0.15) is 0 Å². The molecule has 4 atom stereocenters. The van der Waals surface area contributed by atoms with E-state index in [0.717, 1.165) is 76.2 Å². The fraction of sp³-hybridized carbons (Fsp3) is 0.473. The molecule has 0 radical (unpaired) electrons. The maximum atomic E-state index is 12.5. The van der Waals surface area contributed by atoms with Crippen LogP contribution in [0.1, 0.15) is 99.2 Å². The maximum Gasteiger partial charge on any atom is 0.335 e. The third-order valence-electron chi connectivity index (χ3n) is 12.1. The van der Waals surface area contributed by atoms with E-state index in [1.165, 1.54) is 40.4 Å². The minimum Gasteiger partial charge on any atom is -0.466 e. The highest BCUT2D eigenvalue weighted by Crippen LogP contribution is 2.39. The number of rotatable bonds is 13. The number of carbonyl (C=O) groups excluding carboxylic acids is 3. The van der Waals surface area contributed by atoms with Gasteiger partial charge in [-0.15, -0.1) is 34.0 Å². The van der Waals surface area contributed by atoms with E-state index in [9.17, 15) is 14.4 Å². The molecular weight excluding hydrogens is 911 g/mol. The summed E-state index contributed by atoms with van der Waals surface area (Å²) in [6, 6.07) is 33.7. The normalized spacial score (nSPS) is 19.5. The Bertz CT molecular complexity index is 2310. The quantitative estimate of drug-likeness (QED) is 0.0872. The average Bonchev–Trinajstić information content (AvgIpc) is 4.11. The highest BCUT2D eigenvalue weighted by molar-refractivity contribution is 7.13. The first-order valence-corrected chi connectivity index (χ1v) is 26.7. The minimum absolute atomic E-state index is 0.0262. The molecule has 2 aromatic carbocycles. The first-order chi connectivity index (χ1) is 33.0. The zero-order valence-electron chi connectivity index (χ0n) is 41.2. The molecule has 3 aromatic heterocycles. The smallest absolute Gasteiger partial charge is 0.335 e. The van der Waals surface area contributed by atoms with Gasteiger partial charge in [-0.3, -0.25) is 19.4 Å². The van der Waals surface area contributed by atoms with Crippen molar-refractivity contribution in [1.82, 2.24) is 15.1 Å². The van der Waals surface area contributed by atoms with Crippen molar-refractivity contribution in [2.24, 2.45) is 11.8 Å². The van der Waals surface area contributed by atoms with Gasteiger partial charge in [0.05, 0.1) is 37.2 Å². The van der Waals surface area contributed by atoms with Gasteiger partial charge in [0.2, 0.25) is 0 Å². The van der Waals surface area contributed by atoms with Crippen LogP contribution in [0.25, 0.3) is 5.57 Å². The standard InChI is InChI=1S/C20H25NO2S.C20H23NO2S.C13H19NO2S.C2H6O/c2*1-3-23-20(22)18-14-21(13-16-7-5-4-6-8-16)12-11-17(18)19-10-9-15(2)24-19;1-3-16-13(15)11-8-14-7-6-10(11)12-5-4-9(2)17-12;1-2-3/h4-10,17-18H,3,11-14H2,1-2H3;4-10H,3,11-14H2,1-2H3;4-5,10-11,14H,3,6-8H2,1-2H3;3H,2H2,1H3/t17-,18+;;10-,11+;/m0.0./s1.